The second-order valence-electron chi connectivity index (χ2n) is 16.0. The Morgan fingerprint density at radius 1 is 1.15 bits per heavy atom. The Morgan fingerprint density at radius 2 is 1.87 bits per heavy atom. The van der Waals surface area contributed by atoms with Crippen molar-refractivity contribution in [2.75, 3.05) is 20.3 Å². The minimum absolute atomic E-state index is 0.0967. The van der Waals surface area contributed by atoms with Crippen LogP contribution in [0.4, 0.5) is 0 Å². The summed E-state index contributed by atoms with van der Waals surface area (Å²) in [4.78, 5) is 21.8. The van der Waals surface area contributed by atoms with Gasteiger partial charge in [0, 0.05) is 19.2 Å². The molecule has 286 valence electrons. The summed E-state index contributed by atoms with van der Waals surface area (Å²) < 4.78 is 52.6. The van der Waals surface area contributed by atoms with Crippen molar-refractivity contribution in [3.63, 3.8) is 0 Å². The van der Waals surface area contributed by atoms with E-state index in [1.807, 2.05) is 39.0 Å². The summed E-state index contributed by atoms with van der Waals surface area (Å²) >= 11 is 0. The van der Waals surface area contributed by atoms with Gasteiger partial charge in [-0.2, -0.15) is 10.2 Å². The number of nitrogens with zero attached hydrogens (tertiary/aromatic N) is 4. The van der Waals surface area contributed by atoms with Gasteiger partial charge in [-0.1, -0.05) is 65.2 Å². The van der Waals surface area contributed by atoms with E-state index >= 15 is 0 Å². The Morgan fingerprint density at radius 3 is 2.54 bits per heavy atom. The molecule has 3 N–H and O–H groups in total. The van der Waals surface area contributed by atoms with Crippen molar-refractivity contribution in [3.05, 3.63) is 41.6 Å². The fourth-order valence-electron chi connectivity index (χ4n) is 7.88. The largest absolute Gasteiger partial charge is 0.464 e. The third kappa shape index (κ3) is 8.02. The molecule has 15 heteroatoms. The van der Waals surface area contributed by atoms with E-state index in [0.717, 1.165) is 31.2 Å². The lowest BCUT2D eigenvalue weighted by molar-refractivity contribution is -0.207. The molecule has 0 spiro atoms. The fraction of sp³-hybridized carbons (Fsp3) is 0.676. The molecule has 52 heavy (non-hydrogen) atoms. The highest BCUT2D eigenvalue weighted by Crippen LogP contribution is 2.52. The molecule has 4 heterocycles. The summed E-state index contributed by atoms with van der Waals surface area (Å²) in [6.07, 6.45) is 8.57. The number of ether oxygens (including phenoxy) is 4. The van der Waals surface area contributed by atoms with Gasteiger partial charge in [0.25, 0.3) is 0 Å². The van der Waals surface area contributed by atoms with Gasteiger partial charge in [0.15, 0.2) is 17.2 Å². The summed E-state index contributed by atoms with van der Waals surface area (Å²) in [6.45, 7) is 13.7. The Labute approximate surface area is 307 Å². The molecule has 0 bridgehead atoms. The number of carbonyl (C=O) groups excluding carboxylic acids is 1. The first-order valence-corrected chi connectivity index (χ1v) is 19.9. The van der Waals surface area contributed by atoms with Crippen molar-refractivity contribution in [2.45, 2.75) is 128 Å². The molecule has 4 aliphatic heterocycles. The lowest BCUT2D eigenvalue weighted by Crippen LogP contribution is -2.60. The van der Waals surface area contributed by atoms with Gasteiger partial charge >= 0.3 is 13.7 Å². The summed E-state index contributed by atoms with van der Waals surface area (Å²) in [5.74, 6) is -0.635. The van der Waals surface area contributed by atoms with Crippen molar-refractivity contribution in [1.29, 1.82) is 0 Å². The number of fused-ring (bicyclic) bond motifs is 2. The summed E-state index contributed by atoms with van der Waals surface area (Å²) in [7, 11) is -2.58. The van der Waals surface area contributed by atoms with E-state index in [4.69, 9.17) is 33.7 Å². The Bertz CT molecular complexity index is 1630. The van der Waals surface area contributed by atoms with Gasteiger partial charge < -0.3 is 29.2 Å². The average Bonchev–Trinajstić information content (AvgIpc) is 3.70. The molecule has 0 amide bonds. The van der Waals surface area contributed by atoms with E-state index in [1.54, 1.807) is 37.3 Å². The molecule has 1 aliphatic carbocycles. The Hall–Kier alpha value is -3.13. The number of carbonyl (C=O) groups is 1. The van der Waals surface area contributed by atoms with Crippen LogP contribution in [0.2, 0.25) is 0 Å². The van der Waals surface area contributed by atoms with Crippen molar-refractivity contribution < 1.29 is 37.4 Å². The van der Waals surface area contributed by atoms with Crippen LogP contribution in [0.5, 0.6) is 5.75 Å². The number of hydrogen-bond acceptors (Lipinski definition) is 13. The van der Waals surface area contributed by atoms with Gasteiger partial charge in [-0.3, -0.25) is 19.3 Å². The van der Waals surface area contributed by atoms with Crippen LogP contribution in [0.15, 0.2) is 51.1 Å². The number of benzene rings is 1. The molecule has 0 aromatic heterocycles. The lowest BCUT2D eigenvalue weighted by atomic mass is 9.82. The smallest absolute Gasteiger partial charge is 0.459 e. The van der Waals surface area contributed by atoms with Crippen LogP contribution in [-0.2, 0) is 38.2 Å². The third-order valence-electron chi connectivity index (χ3n) is 10.4. The molecule has 14 nitrogen and oxygen atoms in total. The maximum Gasteiger partial charge on any atom is 0.459 e. The minimum Gasteiger partial charge on any atom is -0.464 e. The monoisotopic (exact) mass is 742 g/mol. The first kappa shape index (κ1) is 38.6. The number of nitrogens with one attached hydrogen (secondary N) is 1. The van der Waals surface area contributed by atoms with Crippen LogP contribution >= 0.6 is 7.75 Å². The van der Waals surface area contributed by atoms with Gasteiger partial charge in [-0.05, 0) is 62.6 Å². The summed E-state index contributed by atoms with van der Waals surface area (Å²) in [6, 6.07) is 5.89. The molecule has 1 aromatic carbocycles. The normalized spacial score (nSPS) is 31.8. The second-order valence-corrected chi connectivity index (χ2v) is 17.7. The summed E-state index contributed by atoms with van der Waals surface area (Å²) in [5, 5.41) is 9.19. The molecule has 0 radical (unpaired) electrons. The molecule has 8 atom stereocenters. The molecule has 2 saturated heterocycles. The van der Waals surface area contributed by atoms with Gasteiger partial charge in [-0.25, -0.2) is 9.56 Å². The number of aliphatic imine (C=N–C) groups is 2. The molecule has 5 aliphatic rings. The number of rotatable bonds is 12. The standard InChI is InChI=1S/C37H55N6O8P/c1-23-18-28-33(38)40-22-41-43(28)31(23)37(21-39-8)32-30(49-36(6,7)50-32)29(48-37)20-47-52(45,51-27-16-14-26(15-17-27)35(3,4)5)42-24(2)34(44)46-19-25-12-10-9-11-13-25/h14-18,21-25,29-32H,9-13,19-20H2,1-8H3,(H,42,45)(H2,38,40,41)/t23?,24-,29+,30+,31?,32+,37-,52?/m0/s1. The molecule has 3 fully saturated rings. The minimum atomic E-state index is -4.25. The predicted octanol–water partition coefficient (Wildman–Crippen LogP) is 5.47. The van der Waals surface area contributed by atoms with Crippen LogP contribution in [-0.4, -0.2) is 91.4 Å². The topological polar surface area (TPSA) is 168 Å². The number of amidine groups is 1. The highest BCUT2D eigenvalue weighted by Gasteiger charge is 2.68. The van der Waals surface area contributed by atoms with Crippen LogP contribution < -0.4 is 15.3 Å². The maximum atomic E-state index is 14.7. The first-order chi connectivity index (χ1) is 24.5. The molecule has 1 saturated carbocycles. The number of hydrazone groups is 1. The third-order valence-corrected chi connectivity index (χ3v) is 12.0. The van der Waals surface area contributed by atoms with E-state index in [-0.39, 0.29) is 17.9 Å². The number of nitrogens with two attached hydrogens (primary N) is 1. The highest BCUT2D eigenvalue weighted by molar-refractivity contribution is 7.52. The van der Waals surface area contributed by atoms with Crippen molar-refractivity contribution >= 4 is 32.1 Å². The van der Waals surface area contributed by atoms with Crippen LogP contribution in [0, 0.1) is 11.8 Å². The maximum absolute atomic E-state index is 14.7. The molecular weight excluding hydrogens is 687 g/mol. The zero-order valence-electron chi connectivity index (χ0n) is 31.6. The van der Waals surface area contributed by atoms with E-state index in [9.17, 15) is 9.36 Å². The van der Waals surface area contributed by atoms with Crippen molar-refractivity contribution in [2.24, 2.45) is 32.7 Å². The fourth-order valence-corrected chi connectivity index (χ4v) is 9.38. The lowest BCUT2D eigenvalue weighted by Gasteiger charge is -2.42. The quantitative estimate of drug-likeness (QED) is 0.158. The average molecular weight is 743 g/mol. The zero-order valence-corrected chi connectivity index (χ0v) is 32.5. The van der Waals surface area contributed by atoms with E-state index in [1.165, 1.54) is 12.8 Å². The number of hydrogen-bond donors (Lipinski definition) is 2. The van der Waals surface area contributed by atoms with Gasteiger partial charge in [0.05, 0.1) is 25.0 Å². The van der Waals surface area contributed by atoms with Crippen LogP contribution in [0.25, 0.3) is 0 Å². The van der Waals surface area contributed by atoms with Gasteiger partial charge in [-0.15, -0.1) is 0 Å². The molecule has 6 rings (SSSR count). The molecule has 1 aromatic rings. The van der Waals surface area contributed by atoms with Gasteiger partial charge in [0.1, 0.15) is 36.4 Å². The zero-order chi connectivity index (χ0) is 37.5. The summed E-state index contributed by atoms with van der Waals surface area (Å²) in [5.41, 5.74) is 6.72. The van der Waals surface area contributed by atoms with E-state index in [2.05, 4.69) is 40.9 Å². The van der Waals surface area contributed by atoms with Crippen molar-refractivity contribution in [1.82, 2.24) is 10.1 Å². The number of esters is 1. The first-order valence-electron chi connectivity index (χ1n) is 18.4. The van der Waals surface area contributed by atoms with Crippen molar-refractivity contribution in [3.8, 4) is 5.75 Å². The SMILES string of the molecule is CN=C[C@@]1(C2C(C)C=C3C(N)=NC=NN32)O[C@H](COP(=O)(N[C@@H](C)C(=O)OCC2CCCCC2)Oc2ccc(C(C)(C)C)cc2)[C@H]2OC(C)(C)O[C@H]21. The van der Waals surface area contributed by atoms with Crippen LogP contribution in [0.1, 0.15) is 86.1 Å². The molecule has 3 unspecified atom stereocenters. The predicted molar refractivity (Wildman–Crippen MR) is 198 cm³/mol. The van der Waals surface area contributed by atoms with Gasteiger partial charge in [0.2, 0.25) is 0 Å². The van der Waals surface area contributed by atoms with Crippen LogP contribution in [0.3, 0.4) is 0 Å². The van der Waals surface area contributed by atoms with E-state index in [0.29, 0.717) is 29.8 Å². The Balaban J connectivity index is 1.25. The highest BCUT2D eigenvalue weighted by atomic mass is 31.2. The molecular formula is C37H55N6O8P. The Kier molecular flexibility index (Phi) is 11.1. The second kappa shape index (κ2) is 14.9. The van der Waals surface area contributed by atoms with E-state index < -0.39 is 55.5 Å².